The summed E-state index contributed by atoms with van der Waals surface area (Å²) in [6.45, 7) is 8.41. The van der Waals surface area contributed by atoms with Crippen LogP contribution in [0.4, 0.5) is 4.79 Å². The molecule has 3 heteroatoms. The normalized spacial score (nSPS) is 26.7. The molecule has 1 unspecified atom stereocenters. The zero-order valence-corrected chi connectivity index (χ0v) is 9.91. The Bertz CT molecular complexity index is 234. The number of likely N-dealkylation sites (tertiary alicyclic amines) is 2. The highest BCUT2D eigenvalue weighted by molar-refractivity contribution is 5.75. The second-order valence-corrected chi connectivity index (χ2v) is 5.22. The average Bonchev–Trinajstić information content (AvgIpc) is 2.88. The highest BCUT2D eigenvalue weighted by Gasteiger charge is 2.31. The standard InChI is InChI=1S/C12H22N2O/c1-10(2)11-5-8-14(9-11)12(15)13-6-3-4-7-13/h10-11H,3-9H2,1-2H3. The lowest BCUT2D eigenvalue weighted by atomic mass is 9.95. The van der Waals surface area contributed by atoms with Crippen molar-refractivity contribution >= 4 is 6.03 Å². The monoisotopic (exact) mass is 210 g/mol. The minimum atomic E-state index is 0.288. The molecule has 0 aromatic heterocycles. The van der Waals surface area contributed by atoms with Crippen molar-refractivity contribution in [2.45, 2.75) is 33.1 Å². The molecule has 2 rings (SSSR count). The molecule has 86 valence electrons. The Hall–Kier alpha value is -0.730. The first-order valence-corrected chi connectivity index (χ1v) is 6.22. The molecule has 0 aromatic carbocycles. The van der Waals surface area contributed by atoms with E-state index in [9.17, 15) is 4.79 Å². The number of rotatable bonds is 1. The first kappa shape index (κ1) is 10.8. The summed E-state index contributed by atoms with van der Waals surface area (Å²) in [4.78, 5) is 16.1. The quantitative estimate of drug-likeness (QED) is 0.650. The summed E-state index contributed by atoms with van der Waals surface area (Å²) in [7, 11) is 0. The highest BCUT2D eigenvalue weighted by atomic mass is 16.2. The Balaban J connectivity index is 1.87. The largest absolute Gasteiger partial charge is 0.325 e. The minimum absolute atomic E-state index is 0.288. The van der Waals surface area contributed by atoms with Crippen molar-refractivity contribution in [2.24, 2.45) is 11.8 Å². The van der Waals surface area contributed by atoms with Crippen LogP contribution in [0.25, 0.3) is 0 Å². The van der Waals surface area contributed by atoms with Gasteiger partial charge in [0, 0.05) is 26.2 Å². The first-order valence-electron chi connectivity index (χ1n) is 6.22. The summed E-state index contributed by atoms with van der Waals surface area (Å²) in [5.41, 5.74) is 0. The van der Waals surface area contributed by atoms with Gasteiger partial charge in [0.1, 0.15) is 0 Å². The number of nitrogens with zero attached hydrogens (tertiary/aromatic N) is 2. The molecule has 2 amide bonds. The molecule has 0 N–H and O–H groups in total. The maximum absolute atomic E-state index is 12.1. The number of carbonyl (C=O) groups is 1. The van der Waals surface area contributed by atoms with Gasteiger partial charge in [0.25, 0.3) is 0 Å². The Morgan fingerprint density at radius 2 is 1.80 bits per heavy atom. The van der Waals surface area contributed by atoms with Gasteiger partial charge in [-0.25, -0.2) is 4.79 Å². The number of hydrogen-bond donors (Lipinski definition) is 0. The number of urea groups is 1. The molecule has 3 nitrogen and oxygen atoms in total. The Labute approximate surface area is 92.4 Å². The third-order valence-electron chi connectivity index (χ3n) is 3.81. The van der Waals surface area contributed by atoms with Crippen molar-refractivity contribution in [3.8, 4) is 0 Å². The second-order valence-electron chi connectivity index (χ2n) is 5.22. The van der Waals surface area contributed by atoms with Crippen molar-refractivity contribution in [1.82, 2.24) is 9.80 Å². The molecule has 2 aliphatic heterocycles. The molecule has 2 saturated heterocycles. The molecular formula is C12H22N2O. The van der Waals surface area contributed by atoms with Crippen LogP contribution in [0.1, 0.15) is 33.1 Å². The van der Waals surface area contributed by atoms with Gasteiger partial charge in [0.2, 0.25) is 0 Å². The van der Waals surface area contributed by atoms with E-state index in [4.69, 9.17) is 0 Å². The summed E-state index contributed by atoms with van der Waals surface area (Å²) >= 11 is 0. The Kier molecular flexibility index (Phi) is 3.17. The van der Waals surface area contributed by atoms with E-state index < -0.39 is 0 Å². The van der Waals surface area contributed by atoms with Crippen LogP contribution in [0.5, 0.6) is 0 Å². The predicted octanol–water partition coefficient (Wildman–Crippen LogP) is 2.18. The van der Waals surface area contributed by atoms with E-state index in [1.54, 1.807) is 0 Å². The lowest BCUT2D eigenvalue weighted by Gasteiger charge is -2.24. The second kappa shape index (κ2) is 4.42. The molecule has 0 spiro atoms. The topological polar surface area (TPSA) is 23.6 Å². The predicted molar refractivity (Wildman–Crippen MR) is 60.7 cm³/mol. The van der Waals surface area contributed by atoms with Gasteiger partial charge < -0.3 is 9.80 Å². The molecule has 0 aliphatic carbocycles. The van der Waals surface area contributed by atoms with Crippen LogP contribution in [-0.2, 0) is 0 Å². The highest BCUT2D eigenvalue weighted by Crippen LogP contribution is 2.25. The lowest BCUT2D eigenvalue weighted by molar-refractivity contribution is 0.170. The fraction of sp³-hybridized carbons (Fsp3) is 0.917. The zero-order chi connectivity index (χ0) is 10.8. The van der Waals surface area contributed by atoms with Crippen molar-refractivity contribution < 1.29 is 4.79 Å². The average molecular weight is 210 g/mol. The molecule has 2 aliphatic rings. The van der Waals surface area contributed by atoms with Crippen LogP contribution in [-0.4, -0.2) is 42.0 Å². The van der Waals surface area contributed by atoms with Crippen LogP contribution in [0.2, 0.25) is 0 Å². The first-order chi connectivity index (χ1) is 7.18. The number of hydrogen-bond acceptors (Lipinski definition) is 1. The van der Waals surface area contributed by atoms with Gasteiger partial charge in [0.15, 0.2) is 0 Å². The third-order valence-corrected chi connectivity index (χ3v) is 3.81. The van der Waals surface area contributed by atoms with Crippen LogP contribution in [0.3, 0.4) is 0 Å². The molecule has 1 atom stereocenters. The lowest BCUT2D eigenvalue weighted by Crippen LogP contribution is -2.40. The van der Waals surface area contributed by atoms with Gasteiger partial charge in [-0.2, -0.15) is 0 Å². The van der Waals surface area contributed by atoms with E-state index in [1.165, 1.54) is 19.3 Å². The smallest absolute Gasteiger partial charge is 0.320 e. The molecular weight excluding hydrogens is 188 g/mol. The molecule has 15 heavy (non-hydrogen) atoms. The summed E-state index contributed by atoms with van der Waals surface area (Å²) < 4.78 is 0. The van der Waals surface area contributed by atoms with Gasteiger partial charge in [-0.1, -0.05) is 13.8 Å². The maximum atomic E-state index is 12.1. The van der Waals surface area contributed by atoms with Gasteiger partial charge >= 0.3 is 6.03 Å². The van der Waals surface area contributed by atoms with Crippen molar-refractivity contribution in [2.75, 3.05) is 26.2 Å². The van der Waals surface area contributed by atoms with Crippen LogP contribution in [0, 0.1) is 11.8 Å². The van der Waals surface area contributed by atoms with Crippen molar-refractivity contribution in [3.63, 3.8) is 0 Å². The van der Waals surface area contributed by atoms with E-state index >= 15 is 0 Å². The number of carbonyl (C=O) groups excluding carboxylic acids is 1. The Morgan fingerprint density at radius 3 is 2.33 bits per heavy atom. The fourth-order valence-corrected chi connectivity index (χ4v) is 2.61. The molecule has 0 saturated carbocycles. The van der Waals surface area contributed by atoms with E-state index in [0.717, 1.165) is 32.1 Å². The van der Waals surface area contributed by atoms with Gasteiger partial charge in [-0.15, -0.1) is 0 Å². The summed E-state index contributed by atoms with van der Waals surface area (Å²) in [5.74, 6) is 1.43. The minimum Gasteiger partial charge on any atom is -0.325 e. The Morgan fingerprint density at radius 1 is 1.13 bits per heavy atom. The van der Waals surface area contributed by atoms with Gasteiger partial charge in [0.05, 0.1) is 0 Å². The summed E-state index contributed by atoms with van der Waals surface area (Å²) in [5, 5.41) is 0. The van der Waals surface area contributed by atoms with Gasteiger partial charge in [-0.05, 0) is 31.1 Å². The van der Waals surface area contributed by atoms with E-state index in [0.29, 0.717) is 5.92 Å². The van der Waals surface area contributed by atoms with E-state index in [2.05, 4.69) is 18.7 Å². The van der Waals surface area contributed by atoms with Crippen molar-refractivity contribution in [3.05, 3.63) is 0 Å². The summed E-state index contributed by atoms with van der Waals surface area (Å²) in [6, 6.07) is 0.288. The molecule has 0 bridgehead atoms. The van der Waals surface area contributed by atoms with Crippen LogP contribution < -0.4 is 0 Å². The summed E-state index contributed by atoms with van der Waals surface area (Å²) in [6.07, 6.45) is 3.57. The maximum Gasteiger partial charge on any atom is 0.320 e. The van der Waals surface area contributed by atoms with E-state index in [-0.39, 0.29) is 6.03 Å². The number of amides is 2. The SMILES string of the molecule is CC(C)C1CCN(C(=O)N2CCCC2)C1. The zero-order valence-electron chi connectivity index (χ0n) is 9.91. The fourth-order valence-electron chi connectivity index (χ4n) is 2.61. The molecule has 2 heterocycles. The van der Waals surface area contributed by atoms with Crippen LogP contribution in [0.15, 0.2) is 0 Å². The molecule has 2 fully saturated rings. The third kappa shape index (κ3) is 2.27. The van der Waals surface area contributed by atoms with Crippen molar-refractivity contribution in [1.29, 1.82) is 0 Å². The molecule has 0 aromatic rings. The van der Waals surface area contributed by atoms with Gasteiger partial charge in [-0.3, -0.25) is 0 Å². The van der Waals surface area contributed by atoms with E-state index in [1.807, 2.05) is 4.90 Å². The van der Waals surface area contributed by atoms with Crippen LogP contribution >= 0.6 is 0 Å². The molecule has 0 radical (unpaired) electrons.